The number of aromatic nitrogens is 2. The van der Waals surface area contributed by atoms with Gasteiger partial charge in [-0.05, 0) is 30.7 Å². The molecule has 3 nitrogen and oxygen atoms in total. The van der Waals surface area contributed by atoms with Crippen LogP contribution in [0.1, 0.15) is 5.56 Å². The van der Waals surface area contributed by atoms with Crippen LogP contribution in [0.15, 0.2) is 24.5 Å². The Bertz CT molecular complexity index is 610. The van der Waals surface area contributed by atoms with Gasteiger partial charge in [0.05, 0.1) is 19.1 Å². The summed E-state index contributed by atoms with van der Waals surface area (Å²) in [6.07, 6.45) is 1.50. The number of halogens is 1. The van der Waals surface area contributed by atoms with E-state index < -0.39 is 0 Å². The average Bonchev–Trinajstić information content (AvgIpc) is 2.32. The molecule has 17 heavy (non-hydrogen) atoms. The minimum absolute atomic E-state index is 0.236. The third-order valence-corrected chi connectivity index (χ3v) is 2.75. The fraction of sp³-hybridized carbons (Fsp3) is 0.167. The molecule has 0 spiro atoms. The lowest BCUT2D eigenvalue weighted by atomic mass is 10.1. The zero-order valence-corrected chi connectivity index (χ0v) is 10.3. The Hall–Kier alpha value is -1.75. The van der Waals surface area contributed by atoms with Crippen LogP contribution in [0, 0.1) is 17.4 Å². The van der Waals surface area contributed by atoms with E-state index >= 15 is 0 Å². The molecule has 88 valence electrons. The summed E-state index contributed by atoms with van der Waals surface area (Å²) >= 11 is 5.07. The molecule has 1 N–H and O–H groups in total. The van der Waals surface area contributed by atoms with E-state index in [0.29, 0.717) is 21.6 Å². The average molecular weight is 250 g/mol. The zero-order valence-electron chi connectivity index (χ0n) is 9.45. The minimum Gasteiger partial charge on any atom is -0.491 e. The number of hydrogen-bond acceptors (Lipinski definition) is 3. The molecule has 0 bridgehead atoms. The molecular weight excluding hydrogens is 239 g/mol. The predicted octanol–water partition coefficient (Wildman–Crippen LogP) is 3.26. The van der Waals surface area contributed by atoms with E-state index in [0.717, 1.165) is 5.56 Å². The number of nitrogens with zero attached hydrogens (tertiary/aromatic N) is 1. The van der Waals surface area contributed by atoms with Crippen LogP contribution in [0.25, 0.3) is 11.3 Å². The molecule has 5 heteroatoms. The third kappa shape index (κ3) is 2.19. The highest BCUT2D eigenvalue weighted by Gasteiger charge is 2.09. The highest BCUT2D eigenvalue weighted by atomic mass is 32.1. The Kier molecular flexibility index (Phi) is 3.19. The van der Waals surface area contributed by atoms with E-state index in [1.807, 2.05) is 0 Å². The molecule has 0 saturated heterocycles. The summed E-state index contributed by atoms with van der Waals surface area (Å²) in [5, 5.41) is 0. The molecular formula is C12H11FN2OS. The predicted molar refractivity (Wildman–Crippen MR) is 66.1 cm³/mol. The van der Waals surface area contributed by atoms with Crippen molar-refractivity contribution >= 4 is 12.2 Å². The van der Waals surface area contributed by atoms with Crippen LogP contribution in [-0.4, -0.2) is 17.1 Å². The standard InChI is InChI=1S/C12H11FN2OS/c1-7-5-8(3-4-9(7)13)10-11(16-2)12(17)15-6-14-10/h3-6H,1-2H3,(H,14,15,17). The molecule has 1 aromatic carbocycles. The maximum absolute atomic E-state index is 13.2. The number of rotatable bonds is 2. The number of H-pyrrole nitrogens is 1. The van der Waals surface area contributed by atoms with Crippen molar-refractivity contribution in [3.63, 3.8) is 0 Å². The maximum Gasteiger partial charge on any atom is 0.179 e. The topological polar surface area (TPSA) is 37.9 Å². The normalized spacial score (nSPS) is 10.3. The summed E-state index contributed by atoms with van der Waals surface area (Å²) in [4.78, 5) is 6.90. The molecule has 0 saturated carbocycles. The van der Waals surface area contributed by atoms with Gasteiger partial charge in [0.2, 0.25) is 0 Å². The first-order valence-corrected chi connectivity index (χ1v) is 5.42. The monoisotopic (exact) mass is 250 g/mol. The molecule has 1 aromatic heterocycles. The molecule has 0 aliphatic carbocycles. The largest absolute Gasteiger partial charge is 0.491 e. The zero-order chi connectivity index (χ0) is 12.4. The van der Waals surface area contributed by atoms with Gasteiger partial charge >= 0.3 is 0 Å². The van der Waals surface area contributed by atoms with Crippen LogP contribution < -0.4 is 4.74 Å². The van der Waals surface area contributed by atoms with Crippen molar-refractivity contribution in [3.8, 4) is 17.0 Å². The molecule has 0 radical (unpaired) electrons. The van der Waals surface area contributed by atoms with Gasteiger partial charge in [-0.15, -0.1) is 0 Å². The van der Waals surface area contributed by atoms with Gasteiger partial charge in [-0.3, -0.25) is 0 Å². The van der Waals surface area contributed by atoms with E-state index in [1.54, 1.807) is 19.1 Å². The maximum atomic E-state index is 13.2. The highest BCUT2D eigenvalue weighted by Crippen LogP contribution is 2.28. The molecule has 0 unspecified atom stereocenters. The van der Waals surface area contributed by atoms with E-state index in [4.69, 9.17) is 17.0 Å². The van der Waals surface area contributed by atoms with Crippen LogP contribution in [0.2, 0.25) is 0 Å². The van der Waals surface area contributed by atoms with Crippen LogP contribution >= 0.6 is 12.2 Å². The van der Waals surface area contributed by atoms with Gasteiger partial charge in [-0.1, -0.05) is 12.2 Å². The lowest BCUT2D eigenvalue weighted by molar-refractivity contribution is 0.411. The minimum atomic E-state index is -0.236. The Morgan fingerprint density at radius 1 is 1.41 bits per heavy atom. The van der Waals surface area contributed by atoms with E-state index in [2.05, 4.69) is 9.97 Å². The van der Waals surface area contributed by atoms with Gasteiger partial charge in [0.1, 0.15) is 5.82 Å². The summed E-state index contributed by atoms with van der Waals surface area (Å²) in [5.74, 6) is 0.258. The van der Waals surface area contributed by atoms with Gasteiger partial charge in [-0.25, -0.2) is 9.37 Å². The SMILES string of the molecule is COc1c(-c2ccc(F)c(C)c2)[nH]cnc1=S. The smallest absolute Gasteiger partial charge is 0.179 e. The number of ether oxygens (including phenoxy) is 1. The summed E-state index contributed by atoms with van der Waals surface area (Å²) < 4.78 is 18.8. The molecule has 0 aliphatic heterocycles. The van der Waals surface area contributed by atoms with Crippen molar-refractivity contribution in [2.75, 3.05) is 7.11 Å². The third-order valence-electron chi connectivity index (χ3n) is 2.46. The van der Waals surface area contributed by atoms with E-state index in [-0.39, 0.29) is 5.82 Å². The summed E-state index contributed by atoms with van der Waals surface area (Å²) in [6, 6.07) is 4.82. The first-order valence-electron chi connectivity index (χ1n) is 5.01. The number of nitrogens with one attached hydrogen (secondary N) is 1. The van der Waals surface area contributed by atoms with Crippen LogP contribution in [-0.2, 0) is 0 Å². The van der Waals surface area contributed by atoms with E-state index in [1.165, 1.54) is 19.5 Å². The summed E-state index contributed by atoms with van der Waals surface area (Å²) in [7, 11) is 1.53. The first-order chi connectivity index (χ1) is 8.13. The van der Waals surface area contributed by atoms with Crippen molar-refractivity contribution in [2.24, 2.45) is 0 Å². The number of hydrogen-bond donors (Lipinski definition) is 1. The number of aromatic amines is 1. The first kappa shape index (κ1) is 11.7. The molecule has 1 heterocycles. The highest BCUT2D eigenvalue weighted by molar-refractivity contribution is 7.71. The van der Waals surface area contributed by atoms with Gasteiger partial charge in [0.25, 0.3) is 0 Å². The van der Waals surface area contributed by atoms with Crippen LogP contribution in [0.5, 0.6) is 5.75 Å². The second-order valence-corrected chi connectivity index (χ2v) is 3.97. The Morgan fingerprint density at radius 3 is 2.82 bits per heavy atom. The molecule has 2 aromatic rings. The molecule has 0 aliphatic rings. The van der Waals surface area contributed by atoms with Crippen molar-refractivity contribution < 1.29 is 9.13 Å². The van der Waals surface area contributed by atoms with Crippen LogP contribution in [0.4, 0.5) is 4.39 Å². The van der Waals surface area contributed by atoms with E-state index in [9.17, 15) is 4.39 Å². The number of aryl methyl sites for hydroxylation is 1. The van der Waals surface area contributed by atoms with Gasteiger partial charge in [0.15, 0.2) is 10.4 Å². The lowest BCUT2D eigenvalue weighted by Crippen LogP contribution is -1.95. The van der Waals surface area contributed by atoms with Crippen LogP contribution in [0.3, 0.4) is 0 Å². The number of methoxy groups -OCH3 is 1. The lowest BCUT2D eigenvalue weighted by Gasteiger charge is -2.08. The van der Waals surface area contributed by atoms with Gasteiger partial charge in [0, 0.05) is 5.56 Å². The molecule has 0 amide bonds. The van der Waals surface area contributed by atoms with Crippen molar-refractivity contribution in [3.05, 3.63) is 40.5 Å². The second-order valence-electron chi connectivity index (χ2n) is 3.58. The fourth-order valence-corrected chi connectivity index (χ4v) is 1.83. The Labute approximate surface area is 103 Å². The van der Waals surface area contributed by atoms with Crippen molar-refractivity contribution in [2.45, 2.75) is 6.92 Å². The Balaban J connectivity index is 2.64. The second kappa shape index (κ2) is 4.63. The molecule has 2 rings (SSSR count). The fourth-order valence-electron chi connectivity index (χ4n) is 1.59. The molecule has 0 atom stereocenters. The van der Waals surface area contributed by atoms with Crippen molar-refractivity contribution in [1.29, 1.82) is 0 Å². The molecule has 0 fully saturated rings. The number of benzene rings is 1. The van der Waals surface area contributed by atoms with Crippen molar-refractivity contribution in [1.82, 2.24) is 9.97 Å². The Morgan fingerprint density at radius 2 is 2.18 bits per heavy atom. The summed E-state index contributed by atoms with van der Waals surface area (Å²) in [6.45, 7) is 1.71. The van der Waals surface area contributed by atoms with Gasteiger partial charge in [-0.2, -0.15) is 0 Å². The summed E-state index contributed by atoms with van der Waals surface area (Å²) in [5.41, 5.74) is 2.09. The van der Waals surface area contributed by atoms with Gasteiger partial charge < -0.3 is 9.72 Å². The quantitative estimate of drug-likeness (QED) is 0.831.